The number of carbonyl (C=O) groups is 2. The third-order valence-corrected chi connectivity index (χ3v) is 6.54. The number of ether oxygens (including phenoxy) is 2. The molecule has 0 atom stereocenters. The maximum Gasteiger partial charge on any atom is 0.337 e. The zero-order chi connectivity index (χ0) is 27.7. The van der Waals surface area contributed by atoms with Crippen molar-refractivity contribution in [2.24, 2.45) is 0 Å². The lowest BCUT2D eigenvalue weighted by Crippen LogP contribution is -2.52. The standard InChI is InChI=1S/C30H29ClN2O5/c1-6-22-23(19-12-20(28(35)36)17-32-16-19)8-7-9-25(22)37-26-11-10-18(13-24(26)31)27(34)33-21-14-29(2,3)38-30(4,5)15-21/h1,7-13,16-17,21H,14-15H2,2-5H3,(H,33,34)(H,35,36). The number of nitrogens with zero attached hydrogens (tertiary/aromatic N) is 1. The Kier molecular flexibility index (Phi) is 7.50. The highest BCUT2D eigenvalue weighted by Crippen LogP contribution is 2.37. The lowest BCUT2D eigenvalue weighted by molar-refractivity contribution is -0.162. The number of hydrogen-bond donors (Lipinski definition) is 2. The molecule has 1 amide bonds. The lowest BCUT2D eigenvalue weighted by Gasteiger charge is -2.45. The van der Waals surface area contributed by atoms with E-state index in [1.165, 1.54) is 18.5 Å². The molecule has 38 heavy (non-hydrogen) atoms. The fourth-order valence-electron chi connectivity index (χ4n) is 5.01. The first-order valence-corrected chi connectivity index (χ1v) is 12.5. The molecule has 2 aromatic carbocycles. The van der Waals surface area contributed by atoms with E-state index < -0.39 is 5.97 Å². The van der Waals surface area contributed by atoms with Gasteiger partial charge >= 0.3 is 5.97 Å². The van der Waals surface area contributed by atoms with Crippen LogP contribution >= 0.6 is 11.6 Å². The van der Waals surface area contributed by atoms with Gasteiger partial charge in [0.2, 0.25) is 0 Å². The monoisotopic (exact) mass is 532 g/mol. The number of aromatic carboxylic acids is 1. The van der Waals surface area contributed by atoms with Crippen molar-refractivity contribution in [3.63, 3.8) is 0 Å². The van der Waals surface area contributed by atoms with Crippen LogP contribution in [0.3, 0.4) is 0 Å². The molecule has 2 N–H and O–H groups in total. The van der Waals surface area contributed by atoms with E-state index in [0.717, 1.165) is 0 Å². The third-order valence-electron chi connectivity index (χ3n) is 6.24. The first-order chi connectivity index (χ1) is 17.9. The number of rotatable bonds is 6. The molecule has 1 aliphatic heterocycles. The molecule has 4 rings (SSSR count). The van der Waals surface area contributed by atoms with Gasteiger partial charge in [0.15, 0.2) is 0 Å². The van der Waals surface area contributed by atoms with Crippen molar-refractivity contribution in [3.05, 3.63) is 76.6 Å². The quantitative estimate of drug-likeness (QED) is 0.359. The zero-order valence-corrected chi connectivity index (χ0v) is 22.4. The highest BCUT2D eigenvalue weighted by atomic mass is 35.5. The molecule has 1 saturated heterocycles. The van der Waals surface area contributed by atoms with Crippen LogP contribution in [-0.2, 0) is 4.74 Å². The number of nitrogens with one attached hydrogen (secondary N) is 1. The summed E-state index contributed by atoms with van der Waals surface area (Å²) < 4.78 is 12.2. The fourth-order valence-corrected chi connectivity index (χ4v) is 5.23. The van der Waals surface area contributed by atoms with Crippen LogP contribution in [0.2, 0.25) is 5.02 Å². The Morgan fingerprint density at radius 2 is 1.79 bits per heavy atom. The minimum atomic E-state index is -1.09. The summed E-state index contributed by atoms with van der Waals surface area (Å²) in [5.74, 6) is 1.98. The van der Waals surface area contributed by atoms with Gasteiger partial charge in [-0.3, -0.25) is 9.78 Å². The summed E-state index contributed by atoms with van der Waals surface area (Å²) in [6.45, 7) is 8.09. The first kappa shape index (κ1) is 27.2. The first-order valence-electron chi connectivity index (χ1n) is 12.1. The molecule has 0 radical (unpaired) electrons. The van der Waals surface area contributed by atoms with E-state index >= 15 is 0 Å². The number of terminal acetylenes is 1. The largest absolute Gasteiger partial charge is 0.478 e. The number of pyridine rings is 1. The van der Waals surface area contributed by atoms with E-state index in [0.29, 0.717) is 46.6 Å². The maximum atomic E-state index is 13.0. The van der Waals surface area contributed by atoms with Gasteiger partial charge in [0, 0.05) is 35.1 Å². The van der Waals surface area contributed by atoms with Crippen LogP contribution in [0.25, 0.3) is 11.1 Å². The number of carboxylic acid groups (broad SMARTS) is 1. The SMILES string of the molecule is C#Cc1c(Oc2ccc(C(=O)NC3CC(C)(C)OC(C)(C)C3)cc2Cl)cccc1-c1cncc(C(=O)O)c1. The van der Waals surface area contributed by atoms with Crippen LogP contribution in [0, 0.1) is 12.3 Å². The summed E-state index contributed by atoms with van der Waals surface area (Å²) >= 11 is 6.51. The van der Waals surface area contributed by atoms with Crippen molar-refractivity contribution >= 4 is 23.5 Å². The summed E-state index contributed by atoms with van der Waals surface area (Å²) in [5, 5.41) is 12.7. The number of hydrogen-bond acceptors (Lipinski definition) is 5. The molecule has 0 aliphatic carbocycles. The minimum Gasteiger partial charge on any atom is -0.478 e. The molecule has 0 spiro atoms. The van der Waals surface area contributed by atoms with Crippen LogP contribution in [0.1, 0.15) is 66.8 Å². The Bertz CT molecular complexity index is 1420. The molecule has 7 nitrogen and oxygen atoms in total. The highest BCUT2D eigenvalue weighted by Gasteiger charge is 2.39. The smallest absolute Gasteiger partial charge is 0.337 e. The zero-order valence-electron chi connectivity index (χ0n) is 21.7. The van der Waals surface area contributed by atoms with Crippen LogP contribution in [0.4, 0.5) is 0 Å². The van der Waals surface area contributed by atoms with Gasteiger partial charge in [-0.1, -0.05) is 29.7 Å². The van der Waals surface area contributed by atoms with Gasteiger partial charge in [0.05, 0.1) is 27.4 Å². The van der Waals surface area contributed by atoms with Crippen molar-refractivity contribution in [2.75, 3.05) is 0 Å². The number of carboxylic acids is 1. The molecule has 0 unspecified atom stereocenters. The van der Waals surface area contributed by atoms with Crippen LogP contribution in [-0.4, -0.2) is 39.2 Å². The molecule has 0 bridgehead atoms. The van der Waals surface area contributed by atoms with Crippen LogP contribution in [0.15, 0.2) is 54.9 Å². The van der Waals surface area contributed by atoms with E-state index in [-0.39, 0.29) is 33.7 Å². The van der Waals surface area contributed by atoms with E-state index in [4.69, 9.17) is 27.5 Å². The van der Waals surface area contributed by atoms with Gasteiger partial charge in [-0.25, -0.2) is 4.79 Å². The van der Waals surface area contributed by atoms with Gasteiger partial charge < -0.3 is 19.9 Å². The molecule has 196 valence electrons. The molecular formula is C30H29ClN2O5. The Morgan fingerprint density at radius 3 is 2.42 bits per heavy atom. The number of amides is 1. The van der Waals surface area contributed by atoms with E-state index in [1.54, 1.807) is 36.4 Å². The van der Waals surface area contributed by atoms with Crippen molar-refractivity contribution in [2.45, 2.75) is 57.8 Å². The van der Waals surface area contributed by atoms with Crippen molar-refractivity contribution < 1.29 is 24.2 Å². The Hall–Kier alpha value is -3.86. The summed E-state index contributed by atoms with van der Waals surface area (Å²) in [5.41, 5.74) is 1.32. The third kappa shape index (κ3) is 6.16. The number of halogens is 1. The Labute approximate surface area is 227 Å². The predicted octanol–water partition coefficient (Wildman–Crippen LogP) is 6.34. The molecule has 3 aromatic rings. The lowest BCUT2D eigenvalue weighted by atomic mass is 9.85. The highest BCUT2D eigenvalue weighted by molar-refractivity contribution is 6.32. The summed E-state index contributed by atoms with van der Waals surface area (Å²) in [6, 6.07) is 11.5. The summed E-state index contributed by atoms with van der Waals surface area (Å²) in [7, 11) is 0. The molecule has 8 heteroatoms. The molecule has 1 fully saturated rings. The minimum absolute atomic E-state index is 0.0361. The van der Waals surface area contributed by atoms with Crippen molar-refractivity contribution in [1.82, 2.24) is 10.3 Å². The van der Waals surface area contributed by atoms with Gasteiger partial charge in [-0.05, 0) is 70.9 Å². The number of carbonyl (C=O) groups excluding carboxylic acids is 1. The molecule has 1 aromatic heterocycles. The van der Waals surface area contributed by atoms with Gasteiger partial charge in [-0.2, -0.15) is 0 Å². The summed E-state index contributed by atoms with van der Waals surface area (Å²) in [6.07, 6.45) is 10.0. The Balaban J connectivity index is 1.55. The maximum absolute atomic E-state index is 13.0. The second-order valence-electron chi connectivity index (χ2n) is 10.5. The second-order valence-corrected chi connectivity index (χ2v) is 10.9. The van der Waals surface area contributed by atoms with E-state index in [9.17, 15) is 14.7 Å². The predicted molar refractivity (Wildman–Crippen MR) is 146 cm³/mol. The summed E-state index contributed by atoms with van der Waals surface area (Å²) in [4.78, 5) is 28.4. The topological polar surface area (TPSA) is 97.8 Å². The molecule has 0 saturated carbocycles. The average Bonchev–Trinajstić information content (AvgIpc) is 2.83. The van der Waals surface area contributed by atoms with Crippen LogP contribution in [0.5, 0.6) is 11.5 Å². The number of benzene rings is 2. The molecule has 2 heterocycles. The Morgan fingerprint density at radius 1 is 1.08 bits per heavy atom. The molecule has 1 aliphatic rings. The number of aromatic nitrogens is 1. The van der Waals surface area contributed by atoms with E-state index in [1.807, 2.05) is 27.7 Å². The van der Waals surface area contributed by atoms with E-state index in [2.05, 4.69) is 16.2 Å². The normalized spacial score (nSPS) is 16.3. The fraction of sp³-hybridized carbons (Fsp3) is 0.300. The van der Waals surface area contributed by atoms with Crippen molar-refractivity contribution in [1.29, 1.82) is 0 Å². The van der Waals surface area contributed by atoms with Crippen LogP contribution < -0.4 is 10.1 Å². The molecular weight excluding hydrogens is 504 g/mol. The van der Waals surface area contributed by atoms with Gasteiger partial charge in [0.1, 0.15) is 11.5 Å². The van der Waals surface area contributed by atoms with Gasteiger partial charge in [0.25, 0.3) is 5.91 Å². The van der Waals surface area contributed by atoms with Gasteiger partial charge in [-0.15, -0.1) is 6.42 Å². The van der Waals surface area contributed by atoms with Crippen molar-refractivity contribution in [3.8, 4) is 35.0 Å². The average molecular weight is 533 g/mol. The second kappa shape index (κ2) is 10.5.